The van der Waals surface area contributed by atoms with Gasteiger partial charge in [0.15, 0.2) is 0 Å². The summed E-state index contributed by atoms with van der Waals surface area (Å²) >= 11 is 0. The Kier molecular flexibility index (Phi) is 2.45. The first-order valence-electron chi connectivity index (χ1n) is 10.2. The Balaban J connectivity index is 1.63. The van der Waals surface area contributed by atoms with E-state index < -0.39 is 0 Å². The second kappa shape index (κ2) is 4.59. The van der Waals surface area contributed by atoms with Gasteiger partial charge in [-0.3, -0.25) is 0 Å². The zero-order valence-corrected chi connectivity index (χ0v) is 15.7. The number of hydrogen-bond acceptors (Lipinski definition) is 2. The van der Waals surface area contributed by atoms with E-state index in [1.807, 2.05) is 0 Å². The third-order valence-electron chi connectivity index (χ3n) is 7.26. The van der Waals surface area contributed by atoms with Gasteiger partial charge in [-0.2, -0.15) is 0 Å². The Labute approximate surface area is 160 Å². The van der Waals surface area contributed by atoms with Crippen LogP contribution in [0.15, 0.2) is 54.6 Å². The van der Waals surface area contributed by atoms with Crippen LogP contribution in [0, 0.1) is 0 Å². The van der Waals surface area contributed by atoms with Crippen LogP contribution in [0.1, 0.15) is 36.8 Å². The van der Waals surface area contributed by atoms with Gasteiger partial charge in [-0.15, -0.1) is 0 Å². The van der Waals surface area contributed by atoms with Crippen LogP contribution in [0.4, 0.5) is 22.7 Å². The molecule has 0 saturated carbocycles. The van der Waals surface area contributed by atoms with Gasteiger partial charge in [0.25, 0.3) is 6.71 Å². The van der Waals surface area contributed by atoms with Crippen LogP contribution in [-0.4, -0.2) is 19.8 Å². The maximum absolute atomic E-state index is 2.60. The molecule has 0 fully saturated rings. The van der Waals surface area contributed by atoms with E-state index in [1.165, 1.54) is 50.3 Å². The Bertz CT molecular complexity index is 1070. The van der Waals surface area contributed by atoms with Crippen LogP contribution < -0.4 is 26.2 Å². The largest absolute Gasteiger partial charge is 0.341 e. The number of anilines is 4. The summed E-state index contributed by atoms with van der Waals surface area (Å²) in [5, 5.41) is 0. The summed E-state index contributed by atoms with van der Waals surface area (Å²) in [6.07, 6.45) is 0. The van der Waals surface area contributed by atoms with Crippen molar-refractivity contribution >= 4 is 45.9 Å². The highest BCUT2D eigenvalue weighted by molar-refractivity contribution is 7.00. The summed E-state index contributed by atoms with van der Waals surface area (Å²) in [5.74, 6) is 1.18. The highest BCUT2D eigenvalue weighted by atomic mass is 15.2. The molecular formula is C24H21BN2. The van der Waals surface area contributed by atoms with Gasteiger partial charge in [-0.1, -0.05) is 56.3 Å². The molecule has 130 valence electrons. The van der Waals surface area contributed by atoms with Crippen molar-refractivity contribution in [2.45, 2.75) is 25.7 Å². The normalized spacial score (nSPS) is 22.7. The summed E-state index contributed by atoms with van der Waals surface area (Å²) in [5.41, 5.74) is 13.4. The van der Waals surface area contributed by atoms with Gasteiger partial charge in [0, 0.05) is 47.7 Å². The molecule has 4 heterocycles. The average molecular weight is 348 g/mol. The molecule has 2 atom stereocenters. The number of para-hydroxylation sites is 2. The first-order valence-corrected chi connectivity index (χ1v) is 10.2. The lowest BCUT2D eigenvalue weighted by Gasteiger charge is -2.41. The van der Waals surface area contributed by atoms with E-state index in [1.54, 1.807) is 0 Å². The third-order valence-corrected chi connectivity index (χ3v) is 7.26. The maximum atomic E-state index is 2.60. The van der Waals surface area contributed by atoms with Crippen molar-refractivity contribution < 1.29 is 0 Å². The fourth-order valence-corrected chi connectivity index (χ4v) is 6.20. The molecule has 3 aromatic rings. The van der Waals surface area contributed by atoms with Gasteiger partial charge in [0.1, 0.15) is 0 Å². The van der Waals surface area contributed by atoms with E-state index in [2.05, 4.69) is 78.2 Å². The number of rotatable bonds is 0. The van der Waals surface area contributed by atoms with Crippen LogP contribution in [-0.2, 0) is 0 Å². The van der Waals surface area contributed by atoms with Crippen molar-refractivity contribution in [3.8, 4) is 0 Å². The lowest BCUT2D eigenvalue weighted by Crippen LogP contribution is -2.61. The second-order valence-electron chi connectivity index (χ2n) is 8.74. The van der Waals surface area contributed by atoms with E-state index in [4.69, 9.17) is 0 Å². The molecule has 0 N–H and O–H groups in total. The molecule has 2 unspecified atom stereocenters. The SMILES string of the molecule is CC1CN2c3cccc4c3B(c3cccc1c32)c1cccc2c1N4CC2C. The molecule has 0 radical (unpaired) electrons. The molecule has 7 rings (SSSR count). The Morgan fingerprint density at radius 3 is 1.70 bits per heavy atom. The van der Waals surface area contributed by atoms with Crippen molar-refractivity contribution in [2.75, 3.05) is 22.9 Å². The first-order chi connectivity index (χ1) is 13.2. The van der Waals surface area contributed by atoms with E-state index in [-0.39, 0.29) is 0 Å². The standard InChI is InChI=1S/C24H21BN2/c1-14-12-26-20-10-5-11-21-22(20)25(18-8-3-6-16(14)23(18)26)19-9-4-7-17-15(2)13-27(21)24(17)19/h3-11,14-15H,12-13H2,1-2H3. The lowest BCUT2D eigenvalue weighted by atomic mass is 9.33. The molecule has 4 aliphatic rings. The fourth-order valence-electron chi connectivity index (χ4n) is 6.20. The zero-order valence-electron chi connectivity index (χ0n) is 15.7. The number of nitrogens with zero attached hydrogens (tertiary/aromatic N) is 2. The quantitative estimate of drug-likeness (QED) is 0.575. The predicted molar refractivity (Wildman–Crippen MR) is 115 cm³/mol. The van der Waals surface area contributed by atoms with E-state index in [0.717, 1.165) is 13.1 Å². The van der Waals surface area contributed by atoms with Gasteiger partial charge in [0.2, 0.25) is 0 Å². The zero-order chi connectivity index (χ0) is 17.9. The van der Waals surface area contributed by atoms with Crippen LogP contribution in [0.3, 0.4) is 0 Å². The Hall–Kier alpha value is -2.68. The second-order valence-corrected chi connectivity index (χ2v) is 8.74. The number of benzene rings is 3. The van der Waals surface area contributed by atoms with Crippen molar-refractivity contribution in [2.24, 2.45) is 0 Å². The Morgan fingerprint density at radius 1 is 0.704 bits per heavy atom. The van der Waals surface area contributed by atoms with Crippen LogP contribution in [0.25, 0.3) is 0 Å². The molecule has 3 aromatic carbocycles. The van der Waals surface area contributed by atoms with Gasteiger partial charge >= 0.3 is 0 Å². The molecule has 27 heavy (non-hydrogen) atoms. The topological polar surface area (TPSA) is 6.48 Å². The summed E-state index contributed by atoms with van der Waals surface area (Å²) in [4.78, 5) is 5.19. The van der Waals surface area contributed by atoms with Crippen LogP contribution >= 0.6 is 0 Å². The van der Waals surface area contributed by atoms with Crippen LogP contribution in [0.5, 0.6) is 0 Å². The summed E-state index contributed by atoms with van der Waals surface area (Å²) in [6.45, 7) is 7.30. The maximum Gasteiger partial charge on any atom is 0.252 e. The minimum absolute atomic E-state index is 0.365. The molecule has 0 aliphatic carbocycles. The van der Waals surface area contributed by atoms with Crippen molar-refractivity contribution in [1.29, 1.82) is 0 Å². The predicted octanol–water partition coefficient (Wildman–Crippen LogP) is 3.34. The highest BCUT2D eigenvalue weighted by Gasteiger charge is 2.47. The number of hydrogen-bond donors (Lipinski definition) is 0. The molecule has 0 aromatic heterocycles. The minimum atomic E-state index is 0.365. The van der Waals surface area contributed by atoms with Crippen LogP contribution in [0.2, 0.25) is 0 Å². The molecule has 0 bridgehead atoms. The van der Waals surface area contributed by atoms with Gasteiger partial charge < -0.3 is 9.80 Å². The lowest BCUT2D eigenvalue weighted by molar-refractivity contribution is 0.810. The minimum Gasteiger partial charge on any atom is -0.341 e. The van der Waals surface area contributed by atoms with E-state index in [0.29, 0.717) is 18.5 Å². The summed E-state index contributed by atoms with van der Waals surface area (Å²) in [7, 11) is 0. The highest BCUT2D eigenvalue weighted by Crippen LogP contribution is 2.47. The number of fused-ring (bicyclic) bond motifs is 4. The monoisotopic (exact) mass is 348 g/mol. The van der Waals surface area contributed by atoms with Gasteiger partial charge in [-0.05, 0) is 39.6 Å². The first kappa shape index (κ1) is 14.4. The molecule has 0 amide bonds. The average Bonchev–Trinajstić information content (AvgIpc) is 3.21. The third kappa shape index (κ3) is 1.53. The molecule has 0 spiro atoms. The van der Waals surface area contributed by atoms with Crippen molar-refractivity contribution in [1.82, 2.24) is 0 Å². The molecule has 3 heteroatoms. The van der Waals surface area contributed by atoms with E-state index >= 15 is 0 Å². The molecule has 0 saturated heterocycles. The molecule has 4 aliphatic heterocycles. The molecule has 2 nitrogen and oxygen atoms in total. The van der Waals surface area contributed by atoms with Crippen molar-refractivity contribution in [3.05, 3.63) is 65.7 Å². The van der Waals surface area contributed by atoms with Gasteiger partial charge in [-0.25, -0.2) is 0 Å². The molecular weight excluding hydrogens is 327 g/mol. The van der Waals surface area contributed by atoms with E-state index in [9.17, 15) is 0 Å². The summed E-state index contributed by atoms with van der Waals surface area (Å²) in [6, 6.07) is 20.9. The fraction of sp³-hybridized carbons (Fsp3) is 0.250. The van der Waals surface area contributed by atoms with Gasteiger partial charge in [0.05, 0.1) is 0 Å². The summed E-state index contributed by atoms with van der Waals surface area (Å²) < 4.78 is 0. The smallest absolute Gasteiger partial charge is 0.252 e. The Morgan fingerprint density at radius 2 is 1.19 bits per heavy atom. The van der Waals surface area contributed by atoms with Crippen molar-refractivity contribution in [3.63, 3.8) is 0 Å².